The molecule has 5 heteroatoms. The third-order valence-corrected chi connectivity index (χ3v) is 3.71. The highest BCUT2D eigenvalue weighted by molar-refractivity contribution is 5.94. The van der Waals surface area contributed by atoms with Crippen LogP contribution in [0.15, 0.2) is 24.3 Å². The summed E-state index contributed by atoms with van der Waals surface area (Å²) in [7, 11) is 0. The summed E-state index contributed by atoms with van der Waals surface area (Å²) in [6.07, 6.45) is 0. The van der Waals surface area contributed by atoms with E-state index in [1.165, 1.54) is 0 Å². The maximum Gasteiger partial charge on any atom is 0.251 e. The average molecular weight is 291 g/mol. The SMILES string of the molecule is CC(CNC(=O)c1cccc(CN)c1)CN1CCOCC1. The Bertz CT molecular complexity index is 459. The van der Waals surface area contributed by atoms with Crippen molar-refractivity contribution in [1.82, 2.24) is 10.2 Å². The molecule has 1 aromatic carbocycles. The van der Waals surface area contributed by atoms with E-state index in [-0.39, 0.29) is 5.91 Å². The van der Waals surface area contributed by atoms with Crippen LogP contribution in [-0.4, -0.2) is 50.2 Å². The largest absolute Gasteiger partial charge is 0.379 e. The van der Waals surface area contributed by atoms with Crippen LogP contribution in [0.4, 0.5) is 0 Å². The second kappa shape index (κ2) is 8.12. The topological polar surface area (TPSA) is 67.6 Å². The minimum Gasteiger partial charge on any atom is -0.379 e. The van der Waals surface area contributed by atoms with E-state index in [0.717, 1.165) is 38.4 Å². The van der Waals surface area contributed by atoms with E-state index in [4.69, 9.17) is 10.5 Å². The number of nitrogens with one attached hydrogen (secondary N) is 1. The van der Waals surface area contributed by atoms with Crippen LogP contribution < -0.4 is 11.1 Å². The van der Waals surface area contributed by atoms with Crippen molar-refractivity contribution < 1.29 is 9.53 Å². The first kappa shape index (κ1) is 15.9. The quantitative estimate of drug-likeness (QED) is 0.815. The van der Waals surface area contributed by atoms with Crippen LogP contribution in [0.1, 0.15) is 22.8 Å². The van der Waals surface area contributed by atoms with Gasteiger partial charge in [-0.2, -0.15) is 0 Å². The number of carbonyl (C=O) groups excluding carboxylic acids is 1. The van der Waals surface area contributed by atoms with Gasteiger partial charge in [0.05, 0.1) is 13.2 Å². The van der Waals surface area contributed by atoms with Crippen LogP contribution in [-0.2, 0) is 11.3 Å². The molecule has 0 radical (unpaired) electrons. The Morgan fingerprint density at radius 3 is 2.90 bits per heavy atom. The molecule has 1 unspecified atom stereocenters. The second-order valence-electron chi connectivity index (χ2n) is 5.63. The van der Waals surface area contributed by atoms with Gasteiger partial charge < -0.3 is 15.8 Å². The van der Waals surface area contributed by atoms with Gasteiger partial charge in [-0.15, -0.1) is 0 Å². The standard InChI is InChI=1S/C16H25N3O2/c1-13(12-19-5-7-21-8-6-19)11-18-16(20)15-4-2-3-14(9-15)10-17/h2-4,9,13H,5-8,10-12,17H2,1H3,(H,18,20). The fourth-order valence-electron chi connectivity index (χ4n) is 2.50. The zero-order valence-electron chi connectivity index (χ0n) is 12.7. The van der Waals surface area contributed by atoms with Gasteiger partial charge in [0.1, 0.15) is 0 Å². The summed E-state index contributed by atoms with van der Waals surface area (Å²) in [5.41, 5.74) is 7.25. The molecule has 2 rings (SSSR count). The Morgan fingerprint density at radius 2 is 2.19 bits per heavy atom. The average Bonchev–Trinajstić information content (AvgIpc) is 2.53. The van der Waals surface area contributed by atoms with E-state index in [0.29, 0.717) is 24.6 Å². The molecular formula is C16H25N3O2. The minimum absolute atomic E-state index is 0.0286. The molecule has 116 valence electrons. The highest BCUT2D eigenvalue weighted by atomic mass is 16.5. The van der Waals surface area contributed by atoms with Crippen molar-refractivity contribution in [3.05, 3.63) is 35.4 Å². The van der Waals surface area contributed by atoms with Crippen LogP contribution in [0, 0.1) is 5.92 Å². The highest BCUT2D eigenvalue weighted by Crippen LogP contribution is 2.06. The third-order valence-electron chi connectivity index (χ3n) is 3.71. The molecule has 1 amide bonds. The minimum atomic E-state index is -0.0286. The van der Waals surface area contributed by atoms with Gasteiger partial charge in [0.15, 0.2) is 0 Å². The normalized spacial score (nSPS) is 17.4. The van der Waals surface area contributed by atoms with E-state index in [9.17, 15) is 4.79 Å². The Kier molecular flexibility index (Phi) is 6.17. The van der Waals surface area contributed by atoms with Gasteiger partial charge in [0, 0.05) is 38.3 Å². The molecule has 21 heavy (non-hydrogen) atoms. The lowest BCUT2D eigenvalue weighted by atomic mass is 10.1. The maximum atomic E-state index is 12.1. The number of morpholine rings is 1. The zero-order valence-corrected chi connectivity index (χ0v) is 12.7. The highest BCUT2D eigenvalue weighted by Gasteiger charge is 2.14. The number of carbonyl (C=O) groups is 1. The predicted octanol–water partition coefficient (Wildman–Crippen LogP) is 0.843. The first-order valence-electron chi connectivity index (χ1n) is 7.56. The summed E-state index contributed by atoms with van der Waals surface area (Å²) in [4.78, 5) is 14.5. The molecule has 0 saturated carbocycles. The molecule has 0 spiro atoms. The molecule has 1 aromatic rings. The number of amides is 1. The summed E-state index contributed by atoms with van der Waals surface area (Å²) in [5.74, 6) is 0.392. The van der Waals surface area contributed by atoms with Crippen LogP contribution in [0.3, 0.4) is 0 Å². The molecule has 1 aliphatic rings. The van der Waals surface area contributed by atoms with E-state index in [2.05, 4.69) is 17.1 Å². The van der Waals surface area contributed by atoms with E-state index < -0.39 is 0 Å². The fraction of sp³-hybridized carbons (Fsp3) is 0.562. The molecule has 0 aromatic heterocycles. The van der Waals surface area contributed by atoms with Crippen molar-refractivity contribution in [2.45, 2.75) is 13.5 Å². The van der Waals surface area contributed by atoms with Crippen molar-refractivity contribution in [3.8, 4) is 0 Å². The van der Waals surface area contributed by atoms with Crippen molar-refractivity contribution in [2.75, 3.05) is 39.4 Å². The molecule has 0 bridgehead atoms. The summed E-state index contributed by atoms with van der Waals surface area (Å²) < 4.78 is 5.34. The molecule has 5 nitrogen and oxygen atoms in total. The molecule has 3 N–H and O–H groups in total. The van der Waals surface area contributed by atoms with E-state index in [1.807, 2.05) is 24.3 Å². The van der Waals surface area contributed by atoms with Gasteiger partial charge in [0.25, 0.3) is 5.91 Å². The van der Waals surface area contributed by atoms with Crippen molar-refractivity contribution in [2.24, 2.45) is 11.7 Å². The zero-order chi connectivity index (χ0) is 15.1. The van der Waals surface area contributed by atoms with Crippen LogP contribution in [0.2, 0.25) is 0 Å². The van der Waals surface area contributed by atoms with E-state index >= 15 is 0 Å². The Morgan fingerprint density at radius 1 is 1.43 bits per heavy atom. The molecule has 1 aliphatic heterocycles. The van der Waals surface area contributed by atoms with Gasteiger partial charge >= 0.3 is 0 Å². The number of benzene rings is 1. The number of hydrogen-bond acceptors (Lipinski definition) is 4. The molecule has 1 saturated heterocycles. The maximum absolute atomic E-state index is 12.1. The predicted molar refractivity (Wildman–Crippen MR) is 83.1 cm³/mol. The summed E-state index contributed by atoms with van der Waals surface area (Å²) in [6, 6.07) is 7.47. The molecule has 0 aliphatic carbocycles. The molecular weight excluding hydrogens is 266 g/mol. The van der Waals surface area contributed by atoms with Crippen molar-refractivity contribution in [3.63, 3.8) is 0 Å². The summed E-state index contributed by atoms with van der Waals surface area (Å²) >= 11 is 0. The number of nitrogens with zero attached hydrogens (tertiary/aromatic N) is 1. The first-order chi connectivity index (χ1) is 10.2. The van der Waals surface area contributed by atoms with Gasteiger partial charge in [0.2, 0.25) is 0 Å². The van der Waals surface area contributed by atoms with Gasteiger partial charge in [-0.25, -0.2) is 0 Å². The van der Waals surface area contributed by atoms with Gasteiger partial charge in [-0.3, -0.25) is 9.69 Å². The molecule has 1 heterocycles. The van der Waals surface area contributed by atoms with Crippen molar-refractivity contribution >= 4 is 5.91 Å². The Hall–Kier alpha value is -1.43. The fourth-order valence-corrected chi connectivity index (χ4v) is 2.50. The van der Waals surface area contributed by atoms with Crippen LogP contribution >= 0.6 is 0 Å². The third kappa shape index (κ3) is 5.12. The first-order valence-corrected chi connectivity index (χ1v) is 7.56. The van der Waals surface area contributed by atoms with Gasteiger partial charge in [-0.05, 0) is 23.6 Å². The number of nitrogens with two attached hydrogens (primary N) is 1. The molecule has 1 atom stereocenters. The Labute approximate surface area is 126 Å². The number of hydrogen-bond donors (Lipinski definition) is 2. The monoisotopic (exact) mass is 291 g/mol. The lowest BCUT2D eigenvalue weighted by Crippen LogP contribution is -2.41. The number of ether oxygens (including phenoxy) is 1. The summed E-state index contributed by atoms with van der Waals surface area (Å²) in [5, 5.41) is 3.00. The Balaban J connectivity index is 1.77. The number of rotatable bonds is 6. The van der Waals surface area contributed by atoms with Crippen LogP contribution in [0.5, 0.6) is 0 Å². The van der Waals surface area contributed by atoms with Crippen LogP contribution in [0.25, 0.3) is 0 Å². The van der Waals surface area contributed by atoms with Gasteiger partial charge in [-0.1, -0.05) is 19.1 Å². The smallest absolute Gasteiger partial charge is 0.251 e. The second-order valence-corrected chi connectivity index (χ2v) is 5.63. The lowest BCUT2D eigenvalue weighted by molar-refractivity contribution is 0.0317. The van der Waals surface area contributed by atoms with E-state index in [1.54, 1.807) is 0 Å². The lowest BCUT2D eigenvalue weighted by Gasteiger charge is -2.29. The van der Waals surface area contributed by atoms with Crippen molar-refractivity contribution in [1.29, 1.82) is 0 Å². The molecule has 1 fully saturated rings. The summed E-state index contributed by atoms with van der Waals surface area (Å²) in [6.45, 7) is 7.87.